The molecule has 0 aliphatic heterocycles. The summed E-state index contributed by atoms with van der Waals surface area (Å²) in [6.07, 6.45) is 4.88. The second kappa shape index (κ2) is 6.70. The highest BCUT2D eigenvalue weighted by Crippen LogP contribution is 2.11. The van der Waals surface area contributed by atoms with Gasteiger partial charge in [0.15, 0.2) is 0 Å². The first-order valence-corrected chi connectivity index (χ1v) is 7.13. The van der Waals surface area contributed by atoms with E-state index in [4.69, 9.17) is 4.42 Å². The lowest BCUT2D eigenvalue weighted by molar-refractivity contribution is 0.0953. The molecule has 0 aliphatic carbocycles. The van der Waals surface area contributed by atoms with Crippen LogP contribution in [0.5, 0.6) is 0 Å². The van der Waals surface area contributed by atoms with Crippen molar-refractivity contribution in [3.8, 4) is 0 Å². The molecule has 1 amide bonds. The Morgan fingerprint density at radius 3 is 2.52 bits per heavy atom. The lowest BCUT2D eigenvalue weighted by Gasteiger charge is -2.07. The molecule has 5 nitrogen and oxygen atoms in total. The Morgan fingerprint density at radius 2 is 1.87 bits per heavy atom. The van der Waals surface area contributed by atoms with Gasteiger partial charge in [0.2, 0.25) is 0 Å². The van der Waals surface area contributed by atoms with E-state index in [1.165, 1.54) is 6.26 Å². The Kier molecular flexibility index (Phi) is 4.29. The summed E-state index contributed by atoms with van der Waals surface area (Å²) in [4.78, 5) is 16.3. The predicted molar refractivity (Wildman–Crippen MR) is 87.2 cm³/mol. The highest BCUT2D eigenvalue weighted by atomic mass is 16.3. The zero-order valence-electron chi connectivity index (χ0n) is 12.6. The Bertz CT molecular complexity index is 782. The lowest BCUT2D eigenvalue weighted by Crippen LogP contribution is -2.20. The molecule has 5 heteroatoms. The first-order chi connectivity index (χ1) is 11.3. The average molecular weight is 305 g/mol. The number of carbonyl (C=O) groups excluding carboxylic acids is 1. The zero-order valence-corrected chi connectivity index (χ0v) is 12.6. The number of hydrazone groups is 1. The van der Waals surface area contributed by atoms with Crippen LogP contribution in [0.4, 0.5) is 0 Å². The summed E-state index contributed by atoms with van der Waals surface area (Å²) in [5.41, 5.74) is 5.41. The molecule has 0 saturated carbocycles. The van der Waals surface area contributed by atoms with Crippen molar-refractivity contribution in [2.45, 2.75) is 6.92 Å². The molecule has 0 saturated heterocycles. The van der Waals surface area contributed by atoms with Crippen molar-refractivity contribution in [2.24, 2.45) is 5.10 Å². The number of aryl methyl sites for hydroxylation is 1. The zero-order chi connectivity index (χ0) is 16.1. The van der Waals surface area contributed by atoms with Gasteiger partial charge in [0.05, 0.1) is 17.5 Å². The molecule has 0 spiro atoms. The van der Waals surface area contributed by atoms with Crippen LogP contribution in [0.15, 0.2) is 76.7 Å². The number of carbonyl (C=O) groups is 1. The summed E-state index contributed by atoms with van der Waals surface area (Å²) in [5, 5.41) is 4.30. The van der Waals surface area contributed by atoms with Crippen LogP contribution in [0, 0.1) is 6.92 Å². The maximum absolute atomic E-state index is 12.2. The highest BCUT2D eigenvalue weighted by Gasteiger charge is 2.12. The summed E-state index contributed by atoms with van der Waals surface area (Å²) in [7, 11) is 0. The summed E-state index contributed by atoms with van der Waals surface area (Å²) in [5.74, 6) is 0.244. The number of benzene rings is 1. The van der Waals surface area contributed by atoms with Crippen LogP contribution >= 0.6 is 0 Å². The second-order valence-corrected chi connectivity index (χ2v) is 4.90. The van der Waals surface area contributed by atoms with Gasteiger partial charge in [0.25, 0.3) is 5.91 Å². The molecule has 0 atom stereocenters. The molecule has 3 rings (SSSR count). The van der Waals surface area contributed by atoms with E-state index in [1.807, 2.05) is 42.5 Å². The third-order valence-electron chi connectivity index (χ3n) is 3.35. The smallest absolute Gasteiger partial charge is 0.274 e. The lowest BCUT2D eigenvalue weighted by atomic mass is 10.0. The molecule has 0 radical (unpaired) electrons. The van der Waals surface area contributed by atoms with E-state index in [-0.39, 0.29) is 5.91 Å². The molecular formula is C18H15N3O2. The van der Waals surface area contributed by atoms with Crippen LogP contribution in [0.3, 0.4) is 0 Å². The summed E-state index contributed by atoms with van der Waals surface area (Å²) in [6.45, 7) is 1.73. The van der Waals surface area contributed by atoms with Crippen LogP contribution in [-0.4, -0.2) is 16.6 Å². The quantitative estimate of drug-likeness (QED) is 0.594. The molecule has 1 N–H and O–H groups in total. The number of furan rings is 1. The first kappa shape index (κ1) is 14.7. The molecule has 0 unspecified atom stereocenters. The van der Waals surface area contributed by atoms with Gasteiger partial charge in [0.1, 0.15) is 5.76 Å². The van der Waals surface area contributed by atoms with Crippen LogP contribution in [0.1, 0.15) is 27.2 Å². The fourth-order valence-electron chi connectivity index (χ4n) is 2.18. The van der Waals surface area contributed by atoms with Crippen LogP contribution in [0.25, 0.3) is 0 Å². The van der Waals surface area contributed by atoms with Gasteiger partial charge in [-0.3, -0.25) is 9.78 Å². The Morgan fingerprint density at radius 1 is 1.09 bits per heavy atom. The first-order valence-electron chi connectivity index (χ1n) is 7.13. The van der Waals surface area contributed by atoms with Crippen LogP contribution < -0.4 is 5.43 Å². The molecule has 1 aromatic carbocycles. The van der Waals surface area contributed by atoms with E-state index in [1.54, 1.807) is 25.4 Å². The van der Waals surface area contributed by atoms with Gasteiger partial charge in [-0.1, -0.05) is 30.3 Å². The van der Waals surface area contributed by atoms with Crippen molar-refractivity contribution in [1.29, 1.82) is 0 Å². The molecule has 0 bridgehead atoms. The van der Waals surface area contributed by atoms with Crippen molar-refractivity contribution in [3.63, 3.8) is 0 Å². The number of nitrogens with one attached hydrogen (secondary N) is 1. The van der Waals surface area contributed by atoms with Gasteiger partial charge in [0, 0.05) is 23.5 Å². The van der Waals surface area contributed by atoms with Crippen LogP contribution in [0.2, 0.25) is 0 Å². The maximum atomic E-state index is 12.2. The standard InChI is InChI=1S/C18H15N3O2/c1-13-16(9-11-23-13)18(22)21-20-17(14-6-3-2-4-7-14)15-8-5-10-19-12-15/h2-12H,1H3,(H,21,22)/b20-17-. The second-order valence-electron chi connectivity index (χ2n) is 4.90. The van der Waals surface area contributed by atoms with Gasteiger partial charge >= 0.3 is 0 Å². The summed E-state index contributed by atoms with van der Waals surface area (Å²) in [6, 6.07) is 15.0. The number of hydrogen-bond acceptors (Lipinski definition) is 4. The maximum Gasteiger partial charge on any atom is 0.274 e. The normalized spacial score (nSPS) is 11.3. The number of rotatable bonds is 4. The number of pyridine rings is 1. The van der Waals surface area contributed by atoms with E-state index in [9.17, 15) is 4.79 Å². The van der Waals surface area contributed by atoms with E-state index in [0.29, 0.717) is 17.0 Å². The third-order valence-corrected chi connectivity index (χ3v) is 3.35. The monoisotopic (exact) mass is 305 g/mol. The van der Waals surface area contributed by atoms with Gasteiger partial charge in [-0.05, 0) is 25.1 Å². The highest BCUT2D eigenvalue weighted by molar-refractivity contribution is 6.13. The molecule has 2 aromatic heterocycles. The number of amides is 1. The average Bonchev–Trinajstić information content (AvgIpc) is 3.03. The predicted octanol–water partition coefficient (Wildman–Crippen LogP) is 3.17. The molecule has 0 aliphatic rings. The van der Waals surface area contributed by atoms with E-state index in [2.05, 4.69) is 15.5 Å². The Balaban J connectivity index is 1.93. The van der Waals surface area contributed by atoms with Gasteiger partial charge in [-0.25, -0.2) is 5.43 Å². The van der Waals surface area contributed by atoms with E-state index >= 15 is 0 Å². The minimum absolute atomic E-state index is 0.312. The minimum Gasteiger partial charge on any atom is -0.469 e. The van der Waals surface area contributed by atoms with Gasteiger partial charge in [-0.15, -0.1) is 0 Å². The number of nitrogens with zero attached hydrogens (tertiary/aromatic N) is 2. The van der Waals surface area contributed by atoms with Crippen molar-refractivity contribution in [2.75, 3.05) is 0 Å². The fourth-order valence-corrected chi connectivity index (χ4v) is 2.18. The molecule has 0 fully saturated rings. The third kappa shape index (κ3) is 3.35. The van der Waals surface area contributed by atoms with Gasteiger partial charge < -0.3 is 4.42 Å². The van der Waals surface area contributed by atoms with E-state index in [0.717, 1.165) is 11.1 Å². The van der Waals surface area contributed by atoms with Crippen LogP contribution in [-0.2, 0) is 0 Å². The fraction of sp³-hybridized carbons (Fsp3) is 0.0556. The molecule has 2 heterocycles. The van der Waals surface area contributed by atoms with Crippen molar-refractivity contribution in [1.82, 2.24) is 10.4 Å². The number of hydrogen-bond donors (Lipinski definition) is 1. The number of aromatic nitrogens is 1. The minimum atomic E-state index is -0.312. The largest absolute Gasteiger partial charge is 0.469 e. The molecule has 114 valence electrons. The topological polar surface area (TPSA) is 67.5 Å². The Hall–Kier alpha value is -3.21. The Labute approximate surface area is 133 Å². The van der Waals surface area contributed by atoms with Crippen molar-refractivity contribution < 1.29 is 9.21 Å². The summed E-state index contributed by atoms with van der Waals surface area (Å²) >= 11 is 0. The van der Waals surface area contributed by atoms with Crippen molar-refractivity contribution in [3.05, 3.63) is 89.6 Å². The van der Waals surface area contributed by atoms with E-state index < -0.39 is 0 Å². The molecular weight excluding hydrogens is 290 g/mol. The molecule has 23 heavy (non-hydrogen) atoms. The molecule has 3 aromatic rings. The van der Waals surface area contributed by atoms with Gasteiger partial charge in [-0.2, -0.15) is 5.10 Å². The van der Waals surface area contributed by atoms with Crippen molar-refractivity contribution >= 4 is 11.6 Å². The SMILES string of the molecule is Cc1occc1C(=O)N/N=C(/c1ccccc1)c1cccnc1. The summed E-state index contributed by atoms with van der Waals surface area (Å²) < 4.78 is 5.14.